The minimum Gasteiger partial charge on any atom is -0.493 e. The Labute approximate surface area is 199 Å². The lowest BCUT2D eigenvalue weighted by molar-refractivity contribution is 0.0694. The van der Waals surface area contributed by atoms with E-state index in [4.69, 9.17) is 14.2 Å². The number of carboxylic acid groups (broad SMARTS) is 1. The Bertz CT molecular complexity index is 1160. The van der Waals surface area contributed by atoms with Crippen molar-refractivity contribution in [2.45, 2.75) is 33.4 Å². The average Bonchev–Trinajstić information content (AvgIpc) is 3.06. The van der Waals surface area contributed by atoms with Gasteiger partial charge in [0.2, 0.25) is 5.75 Å². The summed E-state index contributed by atoms with van der Waals surface area (Å²) in [5, 5.41) is 13.2. The largest absolute Gasteiger partial charge is 0.493 e. The van der Waals surface area contributed by atoms with E-state index in [0.717, 1.165) is 22.4 Å². The van der Waals surface area contributed by atoms with E-state index < -0.39 is 5.97 Å². The number of carbonyl (C=O) groups is 1. The Morgan fingerprint density at radius 2 is 1.65 bits per heavy atom. The third-order valence-corrected chi connectivity index (χ3v) is 6.04. The van der Waals surface area contributed by atoms with Crippen LogP contribution in [0.1, 0.15) is 38.4 Å². The molecule has 0 bridgehead atoms. The number of nitrogens with one attached hydrogen (secondary N) is 1. The van der Waals surface area contributed by atoms with Crippen molar-refractivity contribution in [3.63, 3.8) is 0 Å². The van der Waals surface area contributed by atoms with Crippen LogP contribution in [0.15, 0.2) is 36.4 Å². The number of benzene rings is 2. The van der Waals surface area contributed by atoms with Crippen molar-refractivity contribution in [2.24, 2.45) is 0 Å². The topological polar surface area (TPSA) is 82.0 Å². The van der Waals surface area contributed by atoms with Crippen molar-refractivity contribution in [1.29, 1.82) is 0 Å². The molecule has 182 valence electrons. The molecule has 0 aliphatic heterocycles. The Hall–Kier alpha value is -3.52. The van der Waals surface area contributed by atoms with Gasteiger partial charge in [-0.15, -0.1) is 0 Å². The zero-order valence-corrected chi connectivity index (χ0v) is 20.2. The number of hydrogen-bond donors (Lipinski definition) is 2. The standard InChI is InChI=1S/C26H31FN2O5/c1-16-21(14-28-13-12-19-8-11-22(32-3)25(34-5)24(19)33-4)23(26(30)31)17(2)29(16)15-18-6-9-20(27)10-7-18/h6-11,28H,12-15H2,1-5H3,(H,30,31). The molecule has 2 aromatic carbocycles. The maximum atomic E-state index is 13.3. The number of aromatic carboxylic acids is 1. The molecule has 7 nitrogen and oxygen atoms in total. The van der Waals surface area contributed by atoms with Gasteiger partial charge in [-0.05, 0) is 56.1 Å². The van der Waals surface area contributed by atoms with Gasteiger partial charge in [0, 0.05) is 30.0 Å². The average molecular weight is 471 g/mol. The summed E-state index contributed by atoms with van der Waals surface area (Å²) in [5.74, 6) is 0.492. The van der Waals surface area contributed by atoms with Crippen LogP contribution in [0, 0.1) is 19.7 Å². The molecule has 0 saturated heterocycles. The summed E-state index contributed by atoms with van der Waals surface area (Å²) in [7, 11) is 4.73. The molecule has 1 aromatic heterocycles. The van der Waals surface area contributed by atoms with Crippen molar-refractivity contribution < 1.29 is 28.5 Å². The molecule has 0 unspecified atom stereocenters. The number of hydrogen-bond acceptors (Lipinski definition) is 5. The second-order valence-corrected chi connectivity index (χ2v) is 7.96. The highest BCUT2D eigenvalue weighted by Crippen LogP contribution is 2.39. The first kappa shape index (κ1) is 25.1. The summed E-state index contributed by atoms with van der Waals surface area (Å²) >= 11 is 0. The quantitative estimate of drug-likeness (QED) is 0.406. The maximum Gasteiger partial charge on any atom is 0.337 e. The van der Waals surface area contributed by atoms with Crippen LogP contribution in [-0.4, -0.2) is 43.5 Å². The van der Waals surface area contributed by atoms with E-state index in [2.05, 4.69) is 5.32 Å². The van der Waals surface area contributed by atoms with E-state index in [1.54, 1.807) is 40.4 Å². The summed E-state index contributed by atoms with van der Waals surface area (Å²) in [6, 6.07) is 10.0. The third kappa shape index (κ3) is 5.17. The lowest BCUT2D eigenvalue weighted by Gasteiger charge is -2.16. The summed E-state index contributed by atoms with van der Waals surface area (Å²) in [6.07, 6.45) is 0.653. The Balaban J connectivity index is 1.76. The normalized spacial score (nSPS) is 10.9. The van der Waals surface area contributed by atoms with Crippen LogP contribution in [0.4, 0.5) is 4.39 Å². The summed E-state index contributed by atoms with van der Waals surface area (Å²) in [5.41, 5.74) is 4.44. The SMILES string of the molecule is COc1ccc(CCNCc2c(C(=O)O)c(C)n(Cc3ccc(F)cc3)c2C)c(OC)c1OC. The summed E-state index contributed by atoms with van der Waals surface area (Å²) in [6.45, 7) is 5.20. The number of carboxylic acids is 1. The van der Waals surface area contributed by atoms with Gasteiger partial charge < -0.3 is 29.2 Å². The molecule has 3 aromatic rings. The third-order valence-electron chi connectivity index (χ3n) is 6.04. The molecule has 8 heteroatoms. The number of rotatable bonds is 11. The smallest absolute Gasteiger partial charge is 0.337 e. The second-order valence-electron chi connectivity index (χ2n) is 7.96. The van der Waals surface area contributed by atoms with Crippen LogP contribution >= 0.6 is 0 Å². The van der Waals surface area contributed by atoms with Gasteiger partial charge in [0.05, 0.1) is 26.9 Å². The molecule has 34 heavy (non-hydrogen) atoms. The maximum absolute atomic E-state index is 13.3. The van der Waals surface area contributed by atoms with Crippen LogP contribution in [0.25, 0.3) is 0 Å². The first-order chi connectivity index (χ1) is 16.3. The van der Waals surface area contributed by atoms with Gasteiger partial charge in [0.25, 0.3) is 0 Å². The Kier molecular flexibility index (Phi) is 8.17. The van der Waals surface area contributed by atoms with Crippen LogP contribution in [-0.2, 0) is 19.5 Å². The van der Waals surface area contributed by atoms with Crippen LogP contribution < -0.4 is 19.5 Å². The molecule has 3 rings (SSSR count). The summed E-state index contributed by atoms with van der Waals surface area (Å²) < 4.78 is 31.5. The fraction of sp³-hybridized carbons (Fsp3) is 0.346. The first-order valence-corrected chi connectivity index (χ1v) is 11.0. The number of halogens is 1. The van der Waals surface area contributed by atoms with Crippen molar-refractivity contribution >= 4 is 5.97 Å². The Morgan fingerprint density at radius 3 is 2.24 bits per heavy atom. The molecule has 0 saturated carbocycles. The van der Waals surface area contributed by atoms with Gasteiger partial charge in [0.15, 0.2) is 11.5 Å². The molecule has 0 aliphatic rings. The van der Waals surface area contributed by atoms with E-state index in [9.17, 15) is 14.3 Å². The zero-order valence-electron chi connectivity index (χ0n) is 20.2. The van der Waals surface area contributed by atoms with Crippen molar-refractivity contribution in [2.75, 3.05) is 27.9 Å². The van der Waals surface area contributed by atoms with E-state index in [1.165, 1.54) is 12.1 Å². The predicted octanol–water partition coefficient (Wildman–Crippen LogP) is 4.35. The molecule has 0 spiro atoms. The molecule has 1 heterocycles. The minimum absolute atomic E-state index is 0.299. The van der Waals surface area contributed by atoms with Crippen molar-refractivity contribution in [1.82, 2.24) is 9.88 Å². The highest BCUT2D eigenvalue weighted by molar-refractivity contribution is 5.91. The fourth-order valence-corrected chi connectivity index (χ4v) is 4.25. The highest BCUT2D eigenvalue weighted by Gasteiger charge is 2.22. The van der Waals surface area contributed by atoms with Crippen LogP contribution in [0.5, 0.6) is 17.2 Å². The predicted molar refractivity (Wildman–Crippen MR) is 128 cm³/mol. The highest BCUT2D eigenvalue weighted by atomic mass is 19.1. The first-order valence-electron chi connectivity index (χ1n) is 11.0. The fourth-order valence-electron chi connectivity index (χ4n) is 4.25. The van der Waals surface area contributed by atoms with E-state index >= 15 is 0 Å². The van der Waals surface area contributed by atoms with Gasteiger partial charge in [-0.1, -0.05) is 18.2 Å². The van der Waals surface area contributed by atoms with Gasteiger partial charge in [0.1, 0.15) is 5.82 Å². The van der Waals surface area contributed by atoms with Gasteiger partial charge in [-0.2, -0.15) is 0 Å². The lowest BCUT2D eigenvalue weighted by atomic mass is 10.1. The molecule has 2 N–H and O–H groups in total. The van der Waals surface area contributed by atoms with Crippen LogP contribution in [0.2, 0.25) is 0 Å². The molecule has 0 amide bonds. The molecular formula is C26H31FN2O5. The van der Waals surface area contributed by atoms with Gasteiger partial charge in [-0.25, -0.2) is 9.18 Å². The van der Waals surface area contributed by atoms with E-state index in [1.807, 2.05) is 23.6 Å². The monoisotopic (exact) mass is 470 g/mol. The molecule has 0 radical (unpaired) electrons. The zero-order chi connectivity index (χ0) is 24.8. The second kappa shape index (κ2) is 11.1. The molecule has 0 aliphatic carbocycles. The van der Waals surface area contributed by atoms with Crippen molar-refractivity contribution in [3.8, 4) is 17.2 Å². The number of nitrogens with zero attached hydrogens (tertiary/aromatic N) is 1. The van der Waals surface area contributed by atoms with Gasteiger partial charge >= 0.3 is 5.97 Å². The number of ether oxygens (including phenoxy) is 3. The van der Waals surface area contributed by atoms with E-state index in [0.29, 0.717) is 54.6 Å². The molecular weight excluding hydrogens is 439 g/mol. The molecule has 0 atom stereocenters. The molecule has 0 fully saturated rings. The van der Waals surface area contributed by atoms with Gasteiger partial charge in [-0.3, -0.25) is 0 Å². The van der Waals surface area contributed by atoms with Crippen molar-refractivity contribution in [3.05, 3.63) is 75.9 Å². The Morgan fingerprint density at radius 1 is 0.971 bits per heavy atom. The minimum atomic E-state index is -0.961. The van der Waals surface area contributed by atoms with Crippen LogP contribution in [0.3, 0.4) is 0 Å². The number of aromatic nitrogens is 1. The summed E-state index contributed by atoms with van der Waals surface area (Å²) in [4.78, 5) is 12.0. The lowest BCUT2D eigenvalue weighted by Crippen LogP contribution is -2.19. The number of methoxy groups -OCH3 is 3. The van der Waals surface area contributed by atoms with E-state index in [-0.39, 0.29) is 5.82 Å².